The molecular weight excluding hydrogens is 150 g/mol. The van der Waals surface area contributed by atoms with Crippen LogP contribution in [0.1, 0.15) is 48.5 Å². The lowest BCUT2D eigenvalue weighted by molar-refractivity contribution is -0.684. The second-order valence-electron chi connectivity index (χ2n) is 5.27. The molecule has 72 valence electrons. The van der Waals surface area contributed by atoms with Crippen molar-refractivity contribution in [1.82, 2.24) is 0 Å². The second-order valence-corrected chi connectivity index (χ2v) is 5.27. The van der Waals surface area contributed by atoms with Crippen molar-refractivity contribution < 1.29 is 4.76 Å². The van der Waals surface area contributed by atoms with Gasteiger partial charge in [0.25, 0.3) is 0 Å². The lowest BCUT2D eigenvalue weighted by Gasteiger charge is -2.26. The van der Waals surface area contributed by atoms with Crippen LogP contribution in [0.15, 0.2) is 0 Å². The summed E-state index contributed by atoms with van der Waals surface area (Å²) in [5.41, 5.74) is -0.577. The van der Waals surface area contributed by atoms with Crippen LogP contribution in [0.2, 0.25) is 0 Å². The predicted octanol–water partition coefficient (Wildman–Crippen LogP) is 3.00. The van der Waals surface area contributed by atoms with Crippen molar-refractivity contribution in [3.05, 3.63) is 4.91 Å². The SMILES string of the molecule is CC(C)C(C)(C)[N+](=O)C(C)(C)C. The zero-order chi connectivity index (χ0) is 10.2. The smallest absolute Gasteiger partial charge is 0.0560 e. The van der Waals surface area contributed by atoms with Gasteiger partial charge in [0.15, 0.2) is 0 Å². The third-order valence-corrected chi connectivity index (χ3v) is 2.55. The third-order valence-electron chi connectivity index (χ3n) is 2.55. The lowest BCUT2D eigenvalue weighted by atomic mass is 9.87. The minimum Gasteiger partial charge on any atom is -0.0560 e. The molecule has 0 amide bonds. The van der Waals surface area contributed by atoms with Gasteiger partial charge in [0, 0.05) is 50.2 Å². The van der Waals surface area contributed by atoms with Gasteiger partial charge < -0.3 is 0 Å². The molecule has 2 heteroatoms. The largest absolute Gasteiger partial charge is 0.207 e. The average Bonchev–Trinajstić information content (AvgIpc) is 1.83. The zero-order valence-corrected chi connectivity index (χ0v) is 9.43. The quantitative estimate of drug-likeness (QED) is 0.586. The fourth-order valence-corrected chi connectivity index (χ4v) is 1.10. The molecule has 0 bridgehead atoms. The van der Waals surface area contributed by atoms with Gasteiger partial charge in [-0.05, 0) is 0 Å². The Hall–Kier alpha value is -0.400. The van der Waals surface area contributed by atoms with E-state index in [2.05, 4.69) is 13.8 Å². The van der Waals surface area contributed by atoms with E-state index in [0.29, 0.717) is 5.92 Å². The first-order valence-corrected chi connectivity index (χ1v) is 4.57. The van der Waals surface area contributed by atoms with Crippen molar-refractivity contribution in [3.63, 3.8) is 0 Å². The third kappa shape index (κ3) is 2.29. The van der Waals surface area contributed by atoms with Crippen LogP contribution < -0.4 is 0 Å². The summed E-state index contributed by atoms with van der Waals surface area (Å²) >= 11 is 0. The Balaban J connectivity index is 4.70. The molecule has 0 unspecified atom stereocenters. The highest BCUT2D eigenvalue weighted by Crippen LogP contribution is 2.25. The van der Waals surface area contributed by atoms with Crippen LogP contribution >= 0.6 is 0 Å². The van der Waals surface area contributed by atoms with Crippen molar-refractivity contribution in [2.24, 2.45) is 5.92 Å². The van der Waals surface area contributed by atoms with E-state index in [4.69, 9.17) is 0 Å². The molecule has 0 aromatic carbocycles. The number of hydrogen-bond donors (Lipinski definition) is 0. The molecule has 0 rings (SSSR count). The molecule has 0 fully saturated rings. The molecule has 0 radical (unpaired) electrons. The monoisotopic (exact) mass is 172 g/mol. The van der Waals surface area contributed by atoms with Crippen molar-refractivity contribution in [2.45, 2.75) is 59.5 Å². The fourth-order valence-electron chi connectivity index (χ4n) is 1.10. The molecule has 0 N–H and O–H groups in total. The summed E-state index contributed by atoms with van der Waals surface area (Å²) in [7, 11) is 0. The summed E-state index contributed by atoms with van der Waals surface area (Å²) in [6.45, 7) is 14.0. The van der Waals surface area contributed by atoms with E-state index in [1.807, 2.05) is 34.6 Å². The van der Waals surface area contributed by atoms with Gasteiger partial charge in [0.1, 0.15) is 0 Å². The fraction of sp³-hybridized carbons (Fsp3) is 1.00. The average molecular weight is 172 g/mol. The molecule has 0 heterocycles. The molecule has 0 aromatic heterocycles. The van der Waals surface area contributed by atoms with Gasteiger partial charge in [-0.3, -0.25) is 0 Å². The molecular formula is C10H22NO+. The van der Waals surface area contributed by atoms with Crippen LogP contribution in [0.5, 0.6) is 0 Å². The zero-order valence-electron chi connectivity index (χ0n) is 9.43. The van der Waals surface area contributed by atoms with Crippen LogP contribution in [-0.2, 0) is 0 Å². The van der Waals surface area contributed by atoms with Gasteiger partial charge in [-0.15, -0.1) is 0 Å². The van der Waals surface area contributed by atoms with Gasteiger partial charge in [0.2, 0.25) is 11.1 Å². The highest BCUT2D eigenvalue weighted by molar-refractivity contribution is 4.74. The van der Waals surface area contributed by atoms with E-state index in [9.17, 15) is 4.91 Å². The highest BCUT2D eigenvalue weighted by Gasteiger charge is 2.45. The minimum atomic E-state index is -0.298. The van der Waals surface area contributed by atoms with E-state index < -0.39 is 0 Å². The van der Waals surface area contributed by atoms with E-state index >= 15 is 0 Å². The Morgan fingerprint density at radius 1 is 1.00 bits per heavy atom. The molecule has 0 atom stereocenters. The molecule has 0 saturated heterocycles. The lowest BCUT2D eigenvalue weighted by Crippen LogP contribution is -2.48. The molecule has 0 saturated carbocycles. The molecule has 0 aliphatic heterocycles. The van der Waals surface area contributed by atoms with Crippen molar-refractivity contribution in [3.8, 4) is 0 Å². The Kier molecular flexibility index (Phi) is 3.05. The predicted molar refractivity (Wildman–Crippen MR) is 52.3 cm³/mol. The number of rotatable bonds is 2. The van der Waals surface area contributed by atoms with Crippen LogP contribution in [0.4, 0.5) is 0 Å². The van der Waals surface area contributed by atoms with Crippen molar-refractivity contribution in [2.75, 3.05) is 0 Å². The number of hydrogen-bond acceptors (Lipinski definition) is 1. The standard InChI is InChI=1S/C10H22NO/c1-8(2)10(6,7)11(12)9(3,4)5/h8H,1-7H3/q+1. The maximum Gasteiger partial charge on any atom is 0.207 e. The van der Waals surface area contributed by atoms with E-state index in [-0.39, 0.29) is 11.1 Å². The summed E-state index contributed by atoms with van der Waals surface area (Å²) in [6, 6.07) is 0. The van der Waals surface area contributed by atoms with Crippen LogP contribution in [0, 0.1) is 10.8 Å². The minimum absolute atomic E-state index is 0.280. The van der Waals surface area contributed by atoms with Crippen molar-refractivity contribution >= 4 is 0 Å². The summed E-state index contributed by atoms with van der Waals surface area (Å²) in [4.78, 5) is 11.8. The van der Waals surface area contributed by atoms with Gasteiger partial charge in [-0.25, -0.2) is 0 Å². The molecule has 0 spiro atoms. The number of nitrogens with zero attached hydrogens (tertiary/aromatic N) is 1. The Labute approximate surface area is 75.9 Å². The van der Waals surface area contributed by atoms with Crippen LogP contribution in [0.3, 0.4) is 0 Å². The highest BCUT2D eigenvalue weighted by atomic mass is 16.3. The molecule has 2 nitrogen and oxygen atoms in total. The summed E-state index contributed by atoms with van der Waals surface area (Å²) in [5.74, 6) is 0.370. The Morgan fingerprint density at radius 3 is 1.42 bits per heavy atom. The summed E-state index contributed by atoms with van der Waals surface area (Å²) in [6.07, 6.45) is 0. The van der Waals surface area contributed by atoms with Crippen LogP contribution in [0.25, 0.3) is 0 Å². The normalized spacial score (nSPS) is 13.7. The summed E-state index contributed by atoms with van der Waals surface area (Å²) < 4.78 is 1.20. The molecule has 0 aromatic rings. The molecule has 0 aliphatic carbocycles. The maximum atomic E-state index is 11.8. The van der Waals surface area contributed by atoms with E-state index in [1.165, 1.54) is 4.76 Å². The maximum absolute atomic E-state index is 11.8. The van der Waals surface area contributed by atoms with Gasteiger partial charge >= 0.3 is 0 Å². The molecule has 0 aliphatic rings. The van der Waals surface area contributed by atoms with Gasteiger partial charge in [-0.1, -0.05) is 13.8 Å². The van der Waals surface area contributed by atoms with Gasteiger partial charge in [0.05, 0.1) is 0 Å². The Bertz CT molecular complexity index is 175. The second kappa shape index (κ2) is 3.15. The topological polar surface area (TPSA) is 20.1 Å². The first-order chi connectivity index (χ1) is 5.10. The Morgan fingerprint density at radius 2 is 1.33 bits per heavy atom. The first kappa shape index (κ1) is 11.6. The molecule has 12 heavy (non-hydrogen) atoms. The van der Waals surface area contributed by atoms with Gasteiger partial charge in [-0.2, -0.15) is 0 Å². The van der Waals surface area contributed by atoms with E-state index in [0.717, 1.165) is 0 Å². The van der Waals surface area contributed by atoms with Crippen LogP contribution in [-0.4, -0.2) is 15.8 Å². The first-order valence-electron chi connectivity index (χ1n) is 4.57. The van der Waals surface area contributed by atoms with Crippen molar-refractivity contribution in [1.29, 1.82) is 0 Å². The van der Waals surface area contributed by atoms with E-state index in [1.54, 1.807) is 0 Å². The number of nitroso groups, excluding NO2 is 1. The summed E-state index contributed by atoms with van der Waals surface area (Å²) in [5, 5.41) is 0.